The first-order chi connectivity index (χ1) is 14.5. The third-order valence-electron chi connectivity index (χ3n) is 6.13. The highest BCUT2D eigenvalue weighted by Crippen LogP contribution is 2.32. The van der Waals surface area contributed by atoms with E-state index in [1.165, 1.54) is 32.1 Å². The molecular formula is C22H30N6O2. The standard InChI is InChI=1S/C22H30N6O2/c1-14(15-8-21(29)25-10-15)30-22-18(12-24-2)19(23)9-20(27-22)16-11-26-28(13-16)17-6-4-3-5-7-17/h9,11-15,17H,3-8,10H2,1-2H3,(H2,23,27)(H,25,29)/t14-,15-/m1/s1. The van der Waals surface area contributed by atoms with E-state index in [1.807, 2.05) is 19.2 Å². The number of aromatic nitrogens is 3. The summed E-state index contributed by atoms with van der Waals surface area (Å²) in [4.78, 5) is 20.4. The van der Waals surface area contributed by atoms with Gasteiger partial charge in [-0.3, -0.25) is 14.5 Å². The van der Waals surface area contributed by atoms with Crippen molar-refractivity contribution in [1.82, 2.24) is 20.1 Å². The molecule has 8 heteroatoms. The molecule has 1 aliphatic heterocycles. The van der Waals surface area contributed by atoms with Gasteiger partial charge in [-0.25, -0.2) is 4.98 Å². The molecule has 2 fully saturated rings. The maximum atomic E-state index is 11.6. The van der Waals surface area contributed by atoms with Gasteiger partial charge >= 0.3 is 0 Å². The van der Waals surface area contributed by atoms with E-state index >= 15 is 0 Å². The topological polar surface area (TPSA) is 107 Å². The average molecular weight is 411 g/mol. The highest BCUT2D eigenvalue weighted by molar-refractivity contribution is 5.91. The third kappa shape index (κ3) is 4.32. The van der Waals surface area contributed by atoms with Gasteiger partial charge in [-0.15, -0.1) is 0 Å². The molecule has 0 unspecified atom stereocenters. The summed E-state index contributed by atoms with van der Waals surface area (Å²) in [5, 5.41) is 7.45. The summed E-state index contributed by atoms with van der Waals surface area (Å²) in [6, 6.07) is 2.30. The molecule has 1 aliphatic carbocycles. The van der Waals surface area contributed by atoms with Gasteiger partial charge in [-0.05, 0) is 25.8 Å². The number of nitrogen functional groups attached to an aromatic ring is 1. The minimum Gasteiger partial charge on any atom is -0.474 e. The smallest absolute Gasteiger partial charge is 0.225 e. The summed E-state index contributed by atoms with van der Waals surface area (Å²) in [5.41, 5.74) is 9.20. The molecule has 1 saturated heterocycles. The molecule has 4 rings (SSSR count). The molecule has 8 nitrogen and oxygen atoms in total. The molecule has 160 valence electrons. The van der Waals surface area contributed by atoms with Crippen molar-refractivity contribution in [2.45, 2.75) is 57.6 Å². The van der Waals surface area contributed by atoms with E-state index in [-0.39, 0.29) is 17.9 Å². The Hall–Kier alpha value is -2.90. The number of amides is 1. The van der Waals surface area contributed by atoms with Crippen LogP contribution in [0.1, 0.15) is 57.1 Å². The number of hydrogen-bond acceptors (Lipinski definition) is 6. The summed E-state index contributed by atoms with van der Waals surface area (Å²) in [6.45, 7) is 2.57. The summed E-state index contributed by atoms with van der Waals surface area (Å²) < 4.78 is 8.26. The van der Waals surface area contributed by atoms with Gasteiger partial charge in [0.2, 0.25) is 11.8 Å². The molecule has 2 atom stereocenters. The van der Waals surface area contributed by atoms with Gasteiger partial charge < -0.3 is 15.8 Å². The van der Waals surface area contributed by atoms with Crippen molar-refractivity contribution < 1.29 is 9.53 Å². The number of pyridine rings is 1. The Bertz CT molecular complexity index is 932. The first kappa shape index (κ1) is 20.4. The average Bonchev–Trinajstić information content (AvgIpc) is 3.40. The first-order valence-electron chi connectivity index (χ1n) is 10.8. The van der Waals surface area contributed by atoms with Crippen LogP contribution in [0, 0.1) is 5.92 Å². The number of hydrogen-bond donors (Lipinski definition) is 2. The van der Waals surface area contributed by atoms with E-state index in [2.05, 4.69) is 26.3 Å². The number of nitrogens with one attached hydrogen (secondary N) is 1. The van der Waals surface area contributed by atoms with Crippen molar-refractivity contribution in [3.63, 3.8) is 0 Å². The molecular weight excluding hydrogens is 380 g/mol. The predicted molar refractivity (Wildman–Crippen MR) is 117 cm³/mol. The van der Waals surface area contributed by atoms with Crippen LogP contribution < -0.4 is 15.8 Å². The zero-order chi connectivity index (χ0) is 21.1. The Balaban J connectivity index is 1.61. The summed E-state index contributed by atoms with van der Waals surface area (Å²) >= 11 is 0. The maximum Gasteiger partial charge on any atom is 0.225 e. The van der Waals surface area contributed by atoms with Crippen LogP contribution in [0.2, 0.25) is 0 Å². The van der Waals surface area contributed by atoms with Gasteiger partial charge in [0, 0.05) is 49.6 Å². The molecule has 2 aliphatic rings. The number of rotatable bonds is 6. The SMILES string of the molecule is CN=Cc1c(N)cc(-c2cnn(C3CCCCC3)c2)nc1O[C@H](C)[C@H]1CNC(=O)C1. The zero-order valence-corrected chi connectivity index (χ0v) is 17.7. The van der Waals surface area contributed by atoms with Gasteiger partial charge in [0.1, 0.15) is 6.10 Å². The molecule has 3 heterocycles. The molecule has 1 amide bonds. The van der Waals surface area contributed by atoms with Crippen molar-refractivity contribution in [3.8, 4) is 17.1 Å². The van der Waals surface area contributed by atoms with Crippen molar-refractivity contribution >= 4 is 17.8 Å². The van der Waals surface area contributed by atoms with Crippen LogP contribution >= 0.6 is 0 Å². The Morgan fingerprint density at radius 2 is 2.17 bits per heavy atom. The molecule has 3 N–H and O–H groups in total. The number of ether oxygens (including phenoxy) is 1. The van der Waals surface area contributed by atoms with Gasteiger partial charge in [0.25, 0.3) is 0 Å². The van der Waals surface area contributed by atoms with Gasteiger partial charge in [-0.2, -0.15) is 5.10 Å². The molecule has 0 aromatic carbocycles. The lowest BCUT2D eigenvalue weighted by Gasteiger charge is -2.22. The van der Waals surface area contributed by atoms with E-state index in [0.29, 0.717) is 36.1 Å². The van der Waals surface area contributed by atoms with Crippen LogP contribution in [0.25, 0.3) is 11.3 Å². The number of aliphatic imine (C=N–C) groups is 1. The van der Waals surface area contributed by atoms with Gasteiger partial charge in [0.15, 0.2) is 0 Å². The lowest BCUT2D eigenvalue weighted by atomic mass is 9.96. The van der Waals surface area contributed by atoms with Crippen LogP contribution in [-0.2, 0) is 4.79 Å². The summed E-state index contributed by atoms with van der Waals surface area (Å²) in [7, 11) is 1.69. The van der Waals surface area contributed by atoms with E-state index in [1.54, 1.807) is 13.3 Å². The highest BCUT2D eigenvalue weighted by Gasteiger charge is 2.29. The number of carbonyl (C=O) groups excluding carboxylic acids is 1. The number of carbonyl (C=O) groups is 1. The number of nitrogens with two attached hydrogens (primary N) is 1. The lowest BCUT2D eigenvalue weighted by Crippen LogP contribution is -2.26. The molecule has 0 radical (unpaired) electrons. The van der Waals surface area contributed by atoms with E-state index in [9.17, 15) is 4.79 Å². The quantitative estimate of drug-likeness (QED) is 0.712. The monoisotopic (exact) mass is 410 g/mol. The molecule has 1 saturated carbocycles. The van der Waals surface area contributed by atoms with E-state index < -0.39 is 0 Å². The van der Waals surface area contributed by atoms with Crippen LogP contribution in [0.5, 0.6) is 5.88 Å². The molecule has 2 aromatic heterocycles. The molecule has 0 bridgehead atoms. The Morgan fingerprint density at radius 1 is 1.37 bits per heavy atom. The normalized spacial score (nSPS) is 21.1. The van der Waals surface area contributed by atoms with Crippen molar-refractivity contribution in [1.29, 1.82) is 0 Å². The van der Waals surface area contributed by atoms with Crippen molar-refractivity contribution in [3.05, 3.63) is 24.0 Å². The number of nitrogens with zero attached hydrogens (tertiary/aromatic N) is 4. The fraction of sp³-hybridized carbons (Fsp3) is 0.545. The van der Waals surface area contributed by atoms with Crippen LogP contribution in [0.3, 0.4) is 0 Å². The Morgan fingerprint density at radius 3 is 2.87 bits per heavy atom. The van der Waals surface area contributed by atoms with E-state index in [0.717, 1.165) is 11.3 Å². The third-order valence-corrected chi connectivity index (χ3v) is 6.13. The predicted octanol–water partition coefficient (Wildman–Crippen LogP) is 2.98. The summed E-state index contributed by atoms with van der Waals surface area (Å²) in [5.74, 6) is 0.597. The van der Waals surface area contributed by atoms with Crippen molar-refractivity contribution in [2.75, 3.05) is 19.3 Å². The Labute approximate surface area is 176 Å². The second-order valence-corrected chi connectivity index (χ2v) is 8.29. The highest BCUT2D eigenvalue weighted by atomic mass is 16.5. The second-order valence-electron chi connectivity index (χ2n) is 8.29. The summed E-state index contributed by atoms with van der Waals surface area (Å²) in [6.07, 6.45) is 12.0. The van der Waals surface area contributed by atoms with Gasteiger partial charge in [0.05, 0.1) is 23.5 Å². The zero-order valence-electron chi connectivity index (χ0n) is 17.7. The fourth-order valence-corrected chi connectivity index (χ4v) is 4.29. The van der Waals surface area contributed by atoms with E-state index in [4.69, 9.17) is 15.5 Å². The molecule has 2 aromatic rings. The van der Waals surface area contributed by atoms with Crippen LogP contribution in [0.4, 0.5) is 5.69 Å². The largest absolute Gasteiger partial charge is 0.474 e. The van der Waals surface area contributed by atoms with Gasteiger partial charge in [-0.1, -0.05) is 19.3 Å². The molecule has 0 spiro atoms. The first-order valence-corrected chi connectivity index (χ1v) is 10.8. The van der Waals surface area contributed by atoms with Crippen LogP contribution in [0.15, 0.2) is 23.5 Å². The second kappa shape index (κ2) is 8.85. The minimum atomic E-state index is -0.180. The minimum absolute atomic E-state index is 0.0575. The maximum absolute atomic E-state index is 11.6. The van der Waals surface area contributed by atoms with Crippen molar-refractivity contribution in [2.24, 2.45) is 10.9 Å². The lowest BCUT2D eigenvalue weighted by molar-refractivity contribution is -0.119. The fourth-order valence-electron chi connectivity index (χ4n) is 4.29. The Kier molecular flexibility index (Phi) is 6.01. The molecule has 30 heavy (non-hydrogen) atoms. The van der Waals surface area contributed by atoms with Crippen LogP contribution in [-0.4, -0.2) is 46.6 Å². The number of anilines is 1.